The molecule has 88 valence electrons. The van der Waals surface area contributed by atoms with Crippen molar-refractivity contribution >= 4 is 0 Å². The van der Waals surface area contributed by atoms with Crippen molar-refractivity contribution in [1.29, 1.82) is 0 Å². The van der Waals surface area contributed by atoms with E-state index in [0.29, 0.717) is 5.92 Å². The third kappa shape index (κ3) is 3.32. The third-order valence-corrected chi connectivity index (χ3v) is 3.50. The van der Waals surface area contributed by atoms with E-state index in [4.69, 9.17) is 5.73 Å². The molecule has 2 nitrogen and oxygen atoms in total. The molecule has 1 fully saturated rings. The zero-order valence-corrected chi connectivity index (χ0v) is 9.86. The molecule has 2 rings (SSSR count). The predicted octanol–water partition coefficient (Wildman–Crippen LogP) is 1.95. The van der Waals surface area contributed by atoms with Crippen LogP contribution in [0.4, 0.5) is 0 Å². The van der Waals surface area contributed by atoms with Gasteiger partial charge in [-0.05, 0) is 43.8 Å². The van der Waals surface area contributed by atoms with Crippen LogP contribution in [0.5, 0.6) is 0 Å². The molecule has 1 aliphatic carbocycles. The van der Waals surface area contributed by atoms with Crippen LogP contribution in [0.25, 0.3) is 0 Å². The average Bonchev–Trinajstić information content (AvgIpc) is 2.27. The van der Waals surface area contributed by atoms with E-state index in [-0.39, 0.29) is 0 Å². The highest BCUT2D eigenvalue weighted by Crippen LogP contribution is 2.18. The molecule has 0 heterocycles. The molecular weight excluding hydrogens is 196 g/mol. The van der Waals surface area contributed by atoms with Crippen molar-refractivity contribution in [3.8, 4) is 0 Å². The molecule has 1 saturated carbocycles. The second-order valence-electron chi connectivity index (χ2n) is 4.83. The number of nitrogens with two attached hydrogens (primary N) is 1. The second-order valence-corrected chi connectivity index (χ2v) is 4.83. The van der Waals surface area contributed by atoms with Crippen molar-refractivity contribution < 1.29 is 0 Å². The van der Waals surface area contributed by atoms with Gasteiger partial charge in [0.15, 0.2) is 0 Å². The number of hydrogen-bond acceptors (Lipinski definition) is 2. The van der Waals surface area contributed by atoms with E-state index >= 15 is 0 Å². The summed E-state index contributed by atoms with van der Waals surface area (Å²) in [7, 11) is 0. The van der Waals surface area contributed by atoms with Gasteiger partial charge in [0, 0.05) is 6.04 Å². The van der Waals surface area contributed by atoms with Crippen molar-refractivity contribution in [2.45, 2.75) is 31.7 Å². The van der Waals surface area contributed by atoms with E-state index in [2.05, 4.69) is 35.6 Å². The quantitative estimate of drug-likeness (QED) is 0.766. The van der Waals surface area contributed by atoms with Gasteiger partial charge in [-0.2, -0.15) is 0 Å². The summed E-state index contributed by atoms with van der Waals surface area (Å²) in [6.45, 7) is 1.84. The first-order valence-electron chi connectivity index (χ1n) is 6.36. The molecule has 2 heteroatoms. The summed E-state index contributed by atoms with van der Waals surface area (Å²) in [6.07, 6.45) is 5.19. The molecule has 3 N–H and O–H groups in total. The normalized spacial score (nSPS) is 18.1. The molecule has 0 aliphatic heterocycles. The summed E-state index contributed by atoms with van der Waals surface area (Å²) >= 11 is 0. The maximum Gasteiger partial charge on any atom is 0.00672 e. The molecular formula is C14H22N2. The van der Waals surface area contributed by atoms with Gasteiger partial charge in [0.05, 0.1) is 0 Å². The molecule has 0 bridgehead atoms. The van der Waals surface area contributed by atoms with Crippen LogP contribution in [0.1, 0.15) is 24.8 Å². The van der Waals surface area contributed by atoms with Gasteiger partial charge in [-0.1, -0.05) is 36.8 Å². The smallest absolute Gasteiger partial charge is 0.00672 e. The van der Waals surface area contributed by atoms with E-state index in [1.165, 1.54) is 24.8 Å². The first-order chi connectivity index (χ1) is 7.88. The van der Waals surface area contributed by atoms with Crippen LogP contribution in [0.2, 0.25) is 0 Å². The van der Waals surface area contributed by atoms with Crippen LogP contribution in [-0.2, 0) is 6.42 Å². The lowest BCUT2D eigenvalue weighted by molar-refractivity contribution is 0.316. The van der Waals surface area contributed by atoms with Gasteiger partial charge < -0.3 is 11.1 Å². The van der Waals surface area contributed by atoms with Crippen LogP contribution in [0.15, 0.2) is 30.3 Å². The van der Waals surface area contributed by atoms with Crippen molar-refractivity contribution in [3.63, 3.8) is 0 Å². The minimum atomic E-state index is 0.572. The molecule has 1 unspecified atom stereocenters. The summed E-state index contributed by atoms with van der Waals surface area (Å²) in [5, 5.41) is 3.61. The fourth-order valence-electron chi connectivity index (χ4n) is 2.13. The number of nitrogens with one attached hydrogen (secondary N) is 1. The van der Waals surface area contributed by atoms with E-state index in [0.717, 1.165) is 25.6 Å². The lowest BCUT2D eigenvalue weighted by Gasteiger charge is -2.28. The number of benzene rings is 1. The van der Waals surface area contributed by atoms with Crippen molar-refractivity contribution in [3.05, 3.63) is 35.9 Å². The topological polar surface area (TPSA) is 38.0 Å². The van der Waals surface area contributed by atoms with E-state index < -0.39 is 0 Å². The van der Waals surface area contributed by atoms with E-state index in [9.17, 15) is 0 Å². The highest BCUT2D eigenvalue weighted by atomic mass is 14.9. The molecule has 1 aromatic carbocycles. The van der Waals surface area contributed by atoms with Gasteiger partial charge in [0.25, 0.3) is 0 Å². The molecule has 0 radical (unpaired) electrons. The Kier molecular flexibility index (Phi) is 4.37. The lowest BCUT2D eigenvalue weighted by atomic mass is 9.92. The van der Waals surface area contributed by atoms with Gasteiger partial charge in [-0.25, -0.2) is 0 Å². The minimum absolute atomic E-state index is 0.572. The number of hydrogen-bond donors (Lipinski definition) is 2. The molecule has 1 aliphatic rings. The molecule has 0 amide bonds. The molecule has 16 heavy (non-hydrogen) atoms. The number of rotatable bonds is 6. The van der Waals surface area contributed by atoms with E-state index in [1.807, 2.05) is 0 Å². The standard InChI is InChI=1S/C14H22N2/c15-10-13(11-16-14-7-4-8-14)9-12-5-2-1-3-6-12/h1-3,5-6,13-14,16H,4,7-11,15H2. The second kappa shape index (κ2) is 6.02. The Morgan fingerprint density at radius 2 is 2.00 bits per heavy atom. The zero-order chi connectivity index (χ0) is 11.2. The average molecular weight is 218 g/mol. The maximum atomic E-state index is 5.83. The molecule has 0 aromatic heterocycles. The van der Waals surface area contributed by atoms with Gasteiger partial charge in [-0.15, -0.1) is 0 Å². The Morgan fingerprint density at radius 1 is 1.25 bits per heavy atom. The van der Waals surface area contributed by atoms with Crippen molar-refractivity contribution in [2.75, 3.05) is 13.1 Å². The molecule has 0 saturated heterocycles. The Balaban J connectivity index is 1.76. The maximum absolute atomic E-state index is 5.83. The van der Waals surface area contributed by atoms with Gasteiger partial charge >= 0.3 is 0 Å². The minimum Gasteiger partial charge on any atom is -0.330 e. The summed E-state index contributed by atoms with van der Waals surface area (Å²) in [6, 6.07) is 11.4. The highest BCUT2D eigenvalue weighted by molar-refractivity contribution is 5.15. The monoisotopic (exact) mass is 218 g/mol. The SMILES string of the molecule is NCC(CNC1CCC1)Cc1ccccc1. The third-order valence-electron chi connectivity index (χ3n) is 3.50. The van der Waals surface area contributed by atoms with Crippen molar-refractivity contribution in [1.82, 2.24) is 5.32 Å². The predicted molar refractivity (Wildman–Crippen MR) is 68.3 cm³/mol. The van der Waals surface area contributed by atoms with Crippen LogP contribution < -0.4 is 11.1 Å². The van der Waals surface area contributed by atoms with E-state index in [1.54, 1.807) is 0 Å². The first-order valence-corrected chi connectivity index (χ1v) is 6.36. The Labute approximate surface area is 98.2 Å². The first kappa shape index (κ1) is 11.6. The Morgan fingerprint density at radius 3 is 2.56 bits per heavy atom. The van der Waals surface area contributed by atoms with Gasteiger partial charge in [0.1, 0.15) is 0 Å². The van der Waals surface area contributed by atoms with Crippen LogP contribution in [0.3, 0.4) is 0 Å². The van der Waals surface area contributed by atoms with Gasteiger partial charge in [0.2, 0.25) is 0 Å². The summed E-state index contributed by atoms with van der Waals surface area (Å²) < 4.78 is 0. The summed E-state index contributed by atoms with van der Waals surface area (Å²) in [4.78, 5) is 0. The van der Waals surface area contributed by atoms with Gasteiger partial charge in [-0.3, -0.25) is 0 Å². The lowest BCUT2D eigenvalue weighted by Crippen LogP contribution is -2.40. The fraction of sp³-hybridized carbons (Fsp3) is 0.571. The molecule has 1 atom stereocenters. The molecule has 0 spiro atoms. The molecule has 1 aromatic rings. The summed E-state index contributed by atoms with van der Waals surface area (Å²) in [5.74, 6) is 0.572. The van der Waals surface area contributed by atoms with Crippen LogP contribution >= 0.6 is 0 Å². The summed E-state index contributed by atoms with van der Waals surface area (Å²) in [5.41, 5.74) is 7.22. The van der Waals surface area contributed by atoms with Crippen molar-refractivity contribution in [2.24, 2.45) is 11.7 Å². The highest BCUT2D eigenvalue weighted by Gasteiger charge is 2.18. The Bertz CT molecular complexity index is 293. The largest absolute Gasteiger partial charge is 0.330 e. The van der Waals surface area contributed by atoms with Crippen LogP contribution in [0, 0.1) is 5.92 Å². The van der Waals surface area contributed by atoms with Crippen LogP contribution in [-0.4, -0.2) is 19.1 Å². The zero-order valence-electron chi connectivity index (χ0n) is 9.86. The fourth-order valence-corrected chi connectivity index (χ4v) is 2.13. The Hall–Kier alpha value is -0.860.